The van der Waals surface area contributed by atoms with Crippen LogP contribution in [0.3, 0.4) is 0 Å². The Balaban J connectivity index is 1.56. The molecule has 0 saturated carbocycles. The van der Waals surface area contributed by atoms with Crippen LogP contribution in [0.15, 0.2) is 60.8 Å². The summed E-state index contributed by atoms with van der Waals surface area (Å²) >= 11 is 0. The Labute approximate surface area is 264 Å². The fourth-order valence-corrected chi connectivity index (χ4v) is 4.35. The van der Waals surface area contributed by atoms with E-state index in [4.69, 9.17) is 23.7 Å². The molecule has 236 valence electrons. The maximum absolute atomic E-state index is 12.5. The summed E-state index contributed by atoms with van der Waals surface area (Å²) in [5.74, 6) is 2.19. The van der Waals surface area contributed by atoms with Crippen molar-refractivity contribution in [2.24, 2.45) is 5.41 Å². The van der Waals surface area contributed by atoms with E-state index in [1.54, 1.807) is 44.6 Å². The van der Waals surface area contributed by atoms with E-state index in [-0.39, 0.29) is 11.3 Å². The molecular formula is C35H40N4O6. The van der Waals surface area contributed by atoms with Gasteiger partial charge in [0, 0.05) is 49.7 Å². The lowest BCUT2D eigenvalue weighted by molar-refractivity contribution is 0.0939. The van der Waals surface area contributed by atoms with Gasteiger partial charge < -0.3 is 34.3 Å². The predicted molar refractivity (Wildman–Crippen MR) is 174 cm³/mol. The zero-order chi connectivity index (χ0) is 32.4. The van der Waals surface area contributed by atoms with E-state index in [1.807, 2.05) is 31.2 Å². The highest BCUT2D eigenvalue weighted by Crippen LogP contribution is 2.38. The summed E-state index contributed by atoms with van der Waals surface area (Å²) in [7, 11) is 3.21. The normalized spacial score (nSPS) is 11.1. The van der Waals surface area contributed by atoms with Crippen molar-refractivity contribution >= 4 is 28.2 Å². The fraction of sp³-hybridized carbons (Fsp3) is 0.343. The minimum Gasteiger partial charge on any atom is -0.487 e. The monoisotopic (exact) mass is 612 g/mol. The minimum atomic E-state index is -0.119. The molecule has 1 aromatic heterocycles. The number of pyridine rings is 1. The summed E-state index contributed by atoms with van der Waals surface area (Å²) in [4.78, 5) is 17.0. The quantitative estimate of drug-likeness (QED) is 0.148. The van der Waals surface area contributed by atoms with Crippen LogP contribution in [0.4, 0.5) is 11.4 Å². The second-order valence-electron chi connectivity index (χ2n) is 11.6. The number of benzene rings is 3. The van der Waals surface area contributed by atoms with Crippen LogP contribution < -0.4 is 24.8 Å². The highest BCUT2D eigenvalue weighted by molar-refractivity contribution is 5.97. The summed E-state index contributed by atoms with van der Waals surface area (Å²) < 4.78 is 28.2. The molecule has 0 bridgehead atoms. The van der Waals surface area contributed by atoms with Crippen LogP contribution in [0.25, 0.3) is 10.9 Å². The fourth-order valence-electron chi connectivity index (χ4n) is 4.35. The summed E-state index contributed by atoms with van der Waals surface area (Å²) in [6, 6.07) is 18.6. The Morgan fingerprint density at radius 1 is 0.889 bits per heavy atom. The van der Waals surface area contributed by atoms with Gasteiger partial charge in [-0.25, -0.2) is 0 Å². The topological polar surface area (TPSA) is 124 Å². The molecule has 2 N–H and O–H groups in total. The molecule has 1 amide bonds. The summed E-state index contributed by atoms with van der Waals surface area (Å²) in [6.07, 6.45) is 1.53. The van der Waals surface area contributed by atoms with E-state index in [0.29, 0.717) is 83.7 Å². The van der Waals surface area contributed by atoms with Crippen molar-refractivity contribution in [2.45, 2.75) is 27.7 Å². The maximum Gasteiger partial charge on any atom is 0.251 e. The first kappa shape index (κ1) is 33.1. The molecule has 10 heteroatoms. The zero-order valence-corrected chi connectivity index (χ0v) is 26.7. The molecule has 0 aliphatic carbocycles. The van der Waals surface area contributed by atoms with Gasteiger partial charge in [0.1, 0.15) is 30.8 Å². The lowest BCUT2D eigenvalue weighted by atomic mass is 9.97. The molecule has 0 radical (unpaired) electrons. The Kier molecular flexibility index (Phi) is 11.2. The average molecular weight is 613 g/mol. The van der Waals surface area contributed by atoms with Crippen molar-refractivity contribution in [1.82, 2.24) is 10.3 Å². The molecular weight excluding hydrogens is 572 g/mol. The van der Waals surface area contributed by atoms with Crippen molar-refractivity contribution in [3.05, 3.63) is 77.5 Å². The number of rotatable bonds is 14. The van der Waals surface area contributed by atoms with E-state index in [2.05, 4.69) is 42.5 Å². The van der Waals surface area contributed by atoms with Crippen molar-refractivity contribution in [3.63, 3.8) is 0 Å². The van der Waals surface area contributed by atoms with Gasteiger partial charge in [-0.15, -0.1) is 0 Å². The maximum atomic E-state index is 12.5. The molecule has 0 aliphatic rings. The molecule has 45 heavy (non-hydrogen) atoms. The van der Waals surface area contributed by atoms with E-state index in [0.717, 1.165) is 11.3 Å². The van der Waals surface area contributed by atoms with E-state index in [1.165, 1.54) is 6.20 Å². The van der Waals surface area contributed by atoms with Gasteiger partial charge in [-0.05, 0) is 66.4 Å². The summed E-state index contributed by atoms with van der Waals surface area (Å²) in [5, 5.41) is 17.0. The lowest BCUT2D eigenvalue weighted by Crippen LogP contribution is -2.32. The third kappa shape index (κ3) is 9.08. The number of nitriles is 1. The first-order valence-corrected chi connectivity index (χ1v) is 14.7. The Morgan fingerprint density at radius 2 is 1.56 bits per heavy atom. The second kappa shape index (κ2) is 15.2. The van der Waals surface area contributed by atoms with Gasteiger partial charge in [0.15, 0.2) is 11.5 Å². The lowest BCUT2D eigenvalue weighted by Gasteiger charge is -2.18. The van der Waals surface area contributed by atoms with Gasteiger partial charge in [-0.1, -0.05) is 20.8 Å². The Morgan fingerprint density at radius 3 is 2.16 bits per heavy atom. The molecule has 3 aromatic carbocycles. The zero-order valence-electron chi connectivity index (χ0n) is 26.7. The van der Waals surface area contributed by atoms with Crippen LogP contribution in [0.5, 0.6) is 23.0 Å². The number of hydrogen-bond acceptors (Lipinski definition) is 9. The Hall–Kier alpha value is -4.85. The Bertz CT molecular complexity index is 1660. The van der Waals surface area contributed by atoms with Crippen molar-refractivity contribution in [2.75, 3.05) is 52.5 Å². The predicted octanol–water partition coefficient (Wildman–Crippen LogP) is 6.78. The number of ether oxygens (including phenoxy) is 5. The number of carbonyl (C=O) groups is 1. The average Bonchev–Trinajstić information content (AvgIpc) is 3.02. The number of carbonyl (C=O) groups excluding carboxylic acids is 1. The number of aromatic nitrogens is 1. The first-order valence-electron chi connectivity index (χ1n) is 14.7. The van der Waals surface area contributed by atoms with Crippen molar-refractivity contribution in [3.8, 4) is 29.1 Å². The molecule has 0 aliphatic heterocycles. The van der Waals surface area contributed by atoms with E-state index in [9.17, 15) is 10.1 Å². The molecule has 4 rings (SSSR count). The van der Waals surface area contributed by atoms with Gasteiger partial charge >= 0.3 is 0 Å². The highest BCUT2D eigenvalue weighted by Gasteiger charge is 2.17. The van der Waals surface area contributed by atoms with Crippen LogP contribution in [-0.2, 0) is 9.47 Å². The third-order valence-electron chi connectivity index (χ3n) is 6.71. The minimum absolute atomic E-state index is 0.00192. The van der Waals surface area contributed by atoms with Crippen molar-refractivity contribution < 1.29 is 28.5 Å². The van der Waals surface area contributed by atoms with E-state index < -0.39 is 0 Å². The number of aryl methyl sites for hydroxylation is 1. The summed E-state index contributed by atoms with van der Waals surface area (Å²) in [5.41, 5.74) is 3.82. The third-order valence-corrected chi connectivity index (χ3v) is 6.71. The number of amides is 1. The molecule has 0 spiro atoms. The standard InChI is InChI=1S/C35H40N4O6/c1-23-17-26(9-12-30(23)45-27-10-7-24(8-11-27)34(40)38-22-35(2,3)4)39-33-25(20-36)21-37-29-19-32(44-16-14-42-6)31(18-28(29)33)43-15-13-41-5/h7-12,17-19,21H,13-16,22H2,1-6H3,(H,37,39)(H,38,40). The number of nitrogens with zero attached hydrogens (tertiary/aromatic N) is 2. The van der Waals surface area contributed by atoms with Gasteiger partial charge in [-0.3, -0.25) is 9.78 Å². The van der Waals surface area contributed by atoms with Crippen LogP contribution >= 0.6 is 0 Å². The molecule has 0 saturated heterocycles. The SMILES string of the molecule is COCCOc1cc2ncc(C#N)c(Nc3ccc(Oc4ccc(C(=O)NCC(C)(C)C)cc4)c(C)c3)c2cc1OCCOC. The van der Waals surface area contributed by atoms with Crippen LogP contribution in [-0.4, -0.2) is 58.1 Å². The number of anilines is 2. The molecule has 10 nitrogen and oxygen atoms in total. The van der Waals surface area contributed by atoms with Gasteiger partial charge in [0.05, 0.1) is 30.0 Å². The summed E-state index contributed by atoms with van der Waals surface area (Å²) in [6.45, 7) is 10.2. The van der Waals surface area contributed by atoms with Crippen LogP contribution in [0.2, 0.25) is 0 Å². The molecule has 0 unspecified atom stereocenters. The number of methoxy groups -OCH3 is 2. The molecule has 1 heterocycles. The van der Waals surface area contributed by atoms with Gasteiger partial charge in [-0.2, -0.15) is 5.26 Å². The van der Waals surface area contributed by atoms with Gasteiger partial charge in [0.25, 0.3) is 5.91 Å². The van der Waals surface area contributed by atoms with Crippen LogP contribution in [0, 0.1) is 23.7 Å². The van der Waals surface area contributed by atoms with Crippen LogP contribution in [0.1, 0.15) is 42.3 Å². The van der Waals surface area contributed by atoms with E-state index >= 15 is 0 Å². The molecule has 4 aromatic rings. The second-order valence-corrected chi connectivity index (χ2v) is 11.6. The number of nitrogens with one attached hydrogen (secondary N) is 2. The smallest absolute Gasteiger partial charge is 0.251 e. The highest BCUT2D eigenvalue weighted by atomic mass is 16.5. The molecule has 0 fully saturated rings. The largest absolute Gasteiger partial charge is 0.487 e. The van der Waals surface area contributed by atoms with Gasteiger partial charge in [0.2, 0.25) is 0 Å². The number of fused-ring (bicyclic) bond motifs is 1. The van der Waals surface area contributed by atoms with Crippen molar-refractivity contribution in [1.29, 1.82) is 5.26 Å². The molecule has 0 atom stereocenters. The first-order chi connectivity index (χ1) is 21.6. The number of hydrogen-bond donors (Lipinski definition) is 2.